The smallest absolute Gasteiger partial charge is 0.254 e. The Hall–Kier alpha value is -2.30. The van der Waals surface area contributed by atoms with Crippen LogP contribution >= 0.6 is 0 Å². The summed E-state index contributed by atoms with van der Waals surface area (Å²) >= 11 is 0. The number of aromatic nitrogens is 2. The van der Waals surface area contributed by atoms with Crippen LogP contribution in [0.3, 0.4) is 0 Å². The highest BCUT2D eigenvalue weighted by Crippen LogP contribution is 2.37. The fraction of sp³-hybridized carbons (Fsp3) is 0.353. The predicted molar refractivity (Wildman–Crippen MR) is 81.1 cm³/mol. The molecular formula is C17H18FN3O. The highest BCUT2D eigenvalue weighted by atomic mass is 19.1. The molecule has 1 aromatic carbocycles. The molecular weight excluding hydrogens is 281 g/mol. The molecule has 1 amide bonds. The molecule has 114 valence electrons. The number of nitrogens with one attached hydrogen (secondary N) is 1. The van der Waals surface area contributed by atoms with Crippen LogP contribution in [0, 0.1) is 5.82 Å². The van der Waals surface area contributed by atoms with Gasteiger partial charge in [0.25, 0.3) is 5.91 Å². The summed E-state index contributed by atoms with van der Waals surface area (Å²) in [6.07, 6.45) is 6.72. The summed E-state index contributed by atoms with van der Waals surface area (Å²) in [6, 6.07) is 6.70. The van der Waals surface area contributed by atoms with Crippen molar-refractivity contribution in [2.75, 3.05) is 6.54 Å². The third-order valence-corrected chi connectivity index (χ3v) is 3.74. The Labute approximate surface area is 128 Å². The topological polar surface area (TPSA) is 54.9 Å². The fourth-order valence-corrected chi connectivity index (χ4v) is 2.29. The number of rotatable bonds is 6. The van der Waals surface area contributed by atoms with Gasteiger partial charge in [-0.2, -0.15) is 0 Å². The summed E-state index contributed by atoms with van der Waals surface area (Å²) in [4.78, 5) is 20.4. The summed E-state index contributed by atoms with van der Waals surface area (Å²) in [5.41, 5.74) is 1.14. The van der Waals surface area contributed by atoms with Crippen LogP contribution in [-0.4, -0.2) is 22.4 Å². The zero-order valence-corrected chi connectivity index (χ0v) is 12.3. The molecule has 0 aliphatic heterocycles. The van der Waals surface area contributed by atoms with E-state index in [4.69, 9.17) is 0 Å². The third-order valence-electron chi connectivity index (χ3n) is 3.74. The molecule has 22 heavy (non-hydrogen) atoms. The van der Waals surface area contributed by atoms with E-state index in [0.717, 1.165) is 18.7 Å². The van der Waals surface area contributed by atoms with Crippen molar-refractivity contribution in [2.24, 2.45) is 0 Å². The molecule has 0 saturated heterocycles. The van der Waals surface area contributed by atoms with E-state index in [1.807, 2.05) is 6.07 Å². The lowest BCUT2D eigenvalue weighted by Crippen LogP contribution is -2.25. The molecule has 1 fully saturated rings. The number of benzene rings is 1. The van der Waals surface area contributed by atoms with Crippen LogP contribution in [-0.2, 0) is 6.42 Å². The number of hydrogen-bond donors (Lipinski definition) is 1. The minimum absolute atomic E-state index is 0.184. The molecule has 1 N–H and O–H groups in total. The molecule has 5 heteroatoms. The van der Waals surface area contributed by atoms with E-state index < -0.39 is 0 Å². The lowest BCUT2D eigenvalue weighted by Gasteiger charge is -2.06. The quantitative estimate of drug-likeness (QED) is 0.834. The summed E-state index contributed by atoms with van der Waals surface area (Å²) in [5, 5.41) is 2.81. The Bertz CT molecular complexity index is 653. The molecule has 3 rings (SSSR count). The van der Waals surface area contributed by atoms with Gasteiger partial charge < -0.3 is 5.32 Å². The van der Waals surface area contributed by atoms with Crippen molar-refractivity contribution in [1.29, 1.82) is 0 Å². The van der Waals surface area contributed by atoms with Crippen molar-refractivity contribution in [3.63, 3.8) is 0 Å². The van der Waals surface area contributed by atoms with E-state index in [0.29, 0.717) is 36.4 Å². The predicted octanol–water partition coefficient (Wildman–Crippen LogP) is 2.86. The normalized spacial score (nSPS) is 13.9. The first-order valence-electron chi connectivity index (χ1n) is 7.57. The largest absolute Gasteiger partial charge is 0.352 e. The van der Waals surface area contributed by atoms with Gasteiger partial charge in [0, 0.05) is 24.9 Å². The average molecular weight is 299 g/mol. The molecule has 0 atom stereocenters. The second-order valence-electron chi connectivity index (χ2n) is 5.56. The number of hydrogen-bond acceptors (Lipinski definition) is 3. The number of carbonyl (C=O) groups excluding carboxylic acids is 1. The van der Waals surface area contributed by atoms with Crippen LogP contribution in [0.15, 0.2) is 36.7 Å². The standard InChI is InChI=1S/C17H18FN3O/c18-15-6-2-1-4-12(15)5-3-9-19-17(22)14-10-20-16(21-11-14)13-7-8-13/h1-2,4,6,10-11,13H,3,5,7-9H2,(H,19,22). The maximum Gasteiger partial charge on any atom is 0.254 e. The third kappa shape index (κ3) is 3.67. The molecule has 1 aliphatic carbocycles. The van der Waals surface area contributed by atoms with E-state index in [1.165, 1.54) is 6.07 Å². The number of aryl methyl sites for hydroxylation is 1. The van der Waals surface area contributed by atoms with Gasteiger partial charge >= 0.3 is 0 Å². The fourth-order valence-electron chi connectivity index (χ4n) is 2.29. The van der Waals surface area contributed by atoms with Crippen LogP contribution in [0.25, 0.3) is 0 Å². The van der Waals surface area contributed by atoms with E-state index >= 15 is 0 Å². The Morgan fingerprint density at radius 2 is 1.95 bits per heavy atom. The molecule has 1 aromatic heterocycles. The first kappa shape index (κ1) is 14.6. The minimum atomic E-state index is -0.196. The maximum atomic E-state index is 13.4. The van der Waals surface area contributed by atoms with Gasteiger partial charge in [0.15, 0.2) is 0 Å². The molecule has 1 saturated carbocycles. The summed E-state index contributed by atoms with van der Waals surface area (Å²) in [5.74, 6) is 0.933. The molecule has 0 radical (unpaired) electrons. The van der Waals surface area contributed by atoms with E-state index in [-0.39, 0.29) is 11.7 Å². The Morgan fingerprint density at radius 3 is 2.64 bits per heavy atom. The summed E-state index contributed by atoms with van der Waals surface area (Å²) < 4.78 is 13.4. The number of halogens is 1. The van der Waals surface area contributed by atoms with Crippen molar-refractivity contribution >= 4 is 5.91 Å². The highest BCUT2D eigenvalue weighted by molar-refractivity contribution is 5.93. The number of nitrogens with zero attached hydrogens (tertiary/aromatic N) is 2. The van der Waals surface area contributed by atoms with Crippen molar-refractivity contribution in [3.05, 3.63) is 59.4 Å². The van der Waals surface area contributed by atoms with Crippen molar-refractivity contribution < 1.29 is 9.18 Å². The van der Waals surface area contributed by atoms with Crippen molar-refractivity contribution in [3.8, 4) is 0 Å². The first-order chi connectivity index (χ1) is 10.7. The van der Waals surface area contributed by atoms with Crippen LogP contribution in [0.5, 0.6) is 0 Å². The van der Waals surface area contributed by atoms with Gasteiger partial charge in [0.05, 0.1) is 5.56 Å². The lowest BCUT2D eigenvalue weighted by molar-refractivity contribution is 0.0952. The van der Waals surface area contributed by atoms with Gasteiger partial charge in [0.1, 0.15) is 11.6 Å². The molecule has 2 aromatic rings. The molecule has 1 heterocycles. The first-order valence-corrected chi connectivity index (χ1v) is 7.57. The van der Waals surface area contributed by atoms with Gasteiger partial charge in [-0.3, -0.25) is 4.79 Å². The maximum absolute atomic E-state index is 13.4. The van der Waals surface area contributed by atoms with Gasteiger partial charge in [-0.05, 0) is 37.3 Å². The molecule has 0 spiro atoms. The zero-order valence-electron chi connectivity index (χ0n) is 12.3. The Morgan fingerprint density at radius 1 is 1.23 bits per heavy atom. The second kappa shape index (κ2) is 6.64. The highest BCUT2D eigenvalue weighted by Gasteiger charge is 2.26. The van der Waals surface area contributed by atoms with Crippen LogP contribution in [0.1, 0.15) is 46.9 Å². The SMILES string of the molecule is O=C(NCCCc1ccccc1F)c1cnc(C2CC2)nc1. The van der Waals surface area contributed by atoms with Gasteiger partial charge in [-0.25, -0.2) is 14.4 Å². The molecule has 1 aliphatic rings. The number of amides is 1. The molecule has 0 unspecified atom stereocenters. The molecule has 0 bridgehead atoms. The van der Waals surface area contributed by atoms with E-state index in [2.05, 4.69) is 15.3 Å². The Balaban J connectivity index is 1.45. The van der Waals surface area contributed by atoms with E-state index in [1.54, 1.807) is 24.5 Å². The van der Waals surface area contributed by atoms with Gasteiger partial charge in [-0.1, -0.05) is 18.2 Å². The second-order valence-corrected chi connectivity index (χ2v) is 5.56. The van der Waals surface area contributed by atoms with Crippen molar-refractivity contribution in [1.82, 2.24) is 15.3 Å². The number of carbonyl (C=O) groups is 1. The lowest BCUT2D eigenvalue weighted by atomic mass is 10.1. The van der Waals surface area contributed by atoms with Crippen LogP contribution < -0.4 is 5.32 Å². The average Bonchev–Trinajstić information content (AvgIpc) is 3.38. The van der Waals surface area contributed by atoms with Crippen LogP contribution in [0.2, 0.25) is 0 Å². The molecule has 4 nitrogen and oxygen atoms in total. The monoisotopic (exact) mass is 299 g/mol. The van der Waals surface area contributed by atoms with Gasteiger partial charge in [-0.15, -0.1) is 0 Å². The Kier molecular flexibility index (Phi) is 4.42. The van der Waals surface area contributed by atoms with Crippen molar-refractivity contribution in [2.45, 2.75) is 31.6 Å². The van der Waals surface area contributed by atoms with Gasteiger partial charge in [0.2, 0.25) is 0 Å². The van der Waals surface area contributed by atoms with Crippen LogP contribution in [0.4, 0.5) is 4.39 Å². The van der Waals surface area contributed by atoms with E-state index in [9.17, 15) is 9.18 Å². The zero-order chi connectivity index (χ0) is 15.4. The summed E-state index contributed by atoms with van der Waals surface area (Å²) in [6.45, 7) is 0.498. The summed E-state index contributed by atoms with van der Waals surface area (Å²) in [7, 11) is 0. The minimum Gasteiger partial charge on any atom is -0.352 e.